The molecule has 0 saturated heterocycles. The molecule has 0 heterocycles. The summed E-state index contributed by atoms with van der Waals surface area (Å²) in [4.78, 5) is 0. The minimum absolute atomic E-state index is 0.0838. The molecule has 0 fully saturated rings. The summed E-state index contributed by atoms with van der Waals surface area (Å²) in [5.74, 6) is 0.407. The first-order chi connectivity index (χ1) is 17.8. The van der Waals surface area contributed by atoms with Crippen LogP contribution in [0.15, 0.2) is 97.1 Å². The highest BCUT2D eigenvalue weighted by molar-refractivity contribution is 5.81. The predicted molar refractivity (Wildman–Crippen MR) is 139 cm³/mol. The van der Waals surface area contributed by atoms with Crippen LogP contribution in [0, 0.1) is 0 Å². The van der Waals surface area contributed by atoms with Crippen molar-refractivity contribution in [3.05, 3.63) is 164 Å². The minimum Gasteiger partial charge on any atom is -0.507 e. The lowest BCUT2D eigenvalue weighted by Gasteiger charge is -2.47. The monoisotopic (exact) mass is 462 g/mol. The normalized spacial score (nSPS) is 22.7. The van der Waals surface area contributed by atoms with Crippen molar-refractivity contribution in [2.45, 2.75) is 23.7 Å². The predicted octanol–water partition coefficient (Wildman–Crippen LogP) is 7.07. The van der Waals surface area contributed by atoms with Gasteiger partial charge in [0.25, 0.3) is 0 Å². The molecule has 4 bridgehead atoms. The third-order valence-electron chi connectivity index (χ3n) is 9.23. The van der Waals surface area contributed by atoms with Crippen LogP contribution in [0.5, 0.6) is 11.5 Å². The zero-order chi connectivity index (χ0) is 23.7. The van der Waals surface area contributed by atoms with E-state index in [0.717, 1.165) is 22.3 Å². The van der Waals surface area contributed by atoms with Crippen molar-refractivity contribution in [1.82, 2.24) is 0 Å². The van der Waals surface area contributed by atoms with Gasteiger partial charge in [-0.15, -0.1) is 0 Å². The van der Waals surface area contributed by atoms with Gasteiger partial charge in [0, 0.05) is 45.9 Å². The number of rotatable bonds is 0. The molecule has 0 unspecified atom stereocenters. The lowest BCUT2D eigenvalue weighted by molar-refractivity contribution is 0.422. The highest BCUT2D eigenvalue weighted by Gasteiger charge is 2.51. The average Bonchev–Trinajstić information content (AvgIpc) is 2.95. The fourth-order valence-corrected chi connectivity index (χ4v) is 8.03. The fourth-order valence-electron chi connectivity index (χ4n) is 8.03. The van der Waals surface area contributed by atoms with Gasteiger partial charge in [0.15, 0.2) is 0 Å². The molecule has 0 spiro atoms. The van der Waals surface area contributed by atoms with Gasteiger partial charge in [-0.25, -0.2) is 0 Å². The highest BCUT2D eigenvalue weighted by Crippen LogP contribution is 2.67. The Morgan fingerprint density at radius 3 is 0.639 bits per heavy atom. The molecular weight excluding hydrogens is 440 g/mol. The summed E-state index contributed by atoms with van der Waals surface area (Å²) in [5.41, 5.74) is 13.5. The van der Waals surface area contributed by atoms with E-state index in [9.17, 15) is 10.2 Å². The summed E-state index contributed by atoms with van der Waals surface area (Å²) in [6.07, 6.45) is 0. The summed E-state index contributed by atoms with van der Waals surface area (Å²) >= 11 is 0. The lowest BCUT2D eigenvalue weighted by atomic mass is 9.55. The van der Waals surface area contributed by atoms with Crippen LogP contribution in [0.3, 0.4) is 0 Å². The van der Waals surface area contributed by atoms with E-state index in [4.69, 9.17) is 0 Å². The van der Waals surface area contributed by atoms with Crippen LogP contribution in [0.25, 0.3) is 0 Å². The fraction of sp³-hybridized carbons (Fsp3) is 0.118. The molecule has 0 atom stereocenters. The number of phenolic OH excluding ortho intramolecular Hbond substituents is 2. The summed E-state index contributed by atoms with van der Waals surface area (Å²) < 4.78 is 0. The van der Waals surface area contributed by atoms with Gasteiger partial charge in [-0.1, -0.05) is 97.1 Å². The second-order valence-corrected chi connectivity index (χ2v) is 10.6. The molecule has 5 aromatic rings. The number of benzene rings is 5. The molecule has 2 nitrogen and oxygen atoms in total. The van der Waals surface area contributed by atoms with Crippen molar-refractivity contribution in [2.24, 2.45) is 0 Å². The Bertz CT molecular complexity index is 1440. The molecule has 0 aliphatic heterocycles. The first-order valence-corrected chi connectivity index (χ1v) is 12.7. The molecule has 5 aromatic carbocycles. The zero-order valence-corrected chi connectivity index (χ0v) is 19.4. The second kappa shape index (κ2) is 6.27. The Kier molecular flexibility index (Phi) is 3.30. The zero-order valence-electron chi connectivity index (χ0n) is 19.4. The van der Waals surface area contributed by atoms with Crippen LogP contribution in [-0.4, -0.2) is 10.2 Å². The smallest absolute Gasteiger partial charge is 0.124 e. The lowest BCUT2D eigenvalue weighted by Crippen LogP contribution is -2.32. The summed E-state index contributed by atoms with van der Waals surface area (Å²) in [6, 6.07) is 34.3. The van der Waals surface area contributed by atoms with Crippen molar-refractivity contribution in [3.8, 4) is 11.5 Å². The van der Waals surface area contributed by atoms with Crippen molar-refractivity contribution in [3.63, 3.8) is 0 Å². The molecular formula is C34H22O2. The second-order valence-electron chi connectivity index (χ2n) is 10.6. The van der Waals surface area contributed by atoms with E-state index < -0.39 is 0 Å². The van der Waals surface area contributed by atoms with E-state index in [1.807, 2.05) is 0 Å². The van der Waals surface area contributed by atoms with E-state index >= 15 is 0 Å². The van der Waals surface area contributed by atoms with Gasteiger partial charge in [-0.2, -0.15) is 0 Å². The van der Waals surface area contributed by atoms with E-state index in [1.54, 1.807) is 0 Å². The Labute approximate surface area is 209 Å². The maximum Gasteiger partial charge on any atom is 0.124 e. The van der Waals surface area contributed by atoms with Crippen LogP contribution in [0.1, 0.15) is 90.4 Å². The highest BCUT2D eigenvalue weighted by atomic mass is 16.3. The Morgan fingerprint density at radius 1 is 0.306 bits per heavy atom. The molecule has 2 heteroatoms. The Morgan fingerprint density at radius 2 is 0.472 bits per heavy atom. The number of phenols is 2. The Balaban J connectivity index is 1.43. The molecule has 0 radical (unpaired) electrons. The molecule has 36 heavy (non-hydrogen) atoms. The van der Waals surface area contributed by atoms with Gasteiger partial charge in [-0.05, 0) is 44.5 Å². The number of aromatic hydroxyl groups is 2. The van der Waals surface area contributed by atoms with Gasteiger partial charge < -0.3 is 10.2 Å². The molecule has 170 valence electrons. The van der Waals surface area contributed by atoms with E-state index in [0.29, 0.717) is 11.5 Å². The third-order valence-corrected chi connectivity index (χ3v) is 9.23. The van der Waals surface area contributed by atoms with Crippen LogP contribution in [-0.2, 0) is 0 Å². The standard InChI is InChI=1S/C34H22O2/c35-33-29-25-17-9-1-2-10-18(17)26(20-12-4-3-11-19(20)25)30(29)34(36)32-28-23-15-7-5-13-21(23)27(31(32)33)22-14-6-8-16-24(22)28/h1-16,25-28,35-36H. The summed E-state index contributed by atoms with van der Waals surface area (Å²) in [5, 5.41) is 24.5. The largest absolute Gasteiger partial charge is 0.507 e. The van der Waals surface area contributed by atoms with Gasteiger partial charge in [0.2, 0.25) is 0 Å². The van der Waals surface area contributed by atoms with Crippen LogP contribution >= 0.6 is 0 Å². The van der Waals surface area contributed by atoms with Crippen LogP contribution in [0.4, 0.5) is 0 Å². The van der Waals surface area contributed by atoms with Crippen molar-refractivity contribution in [2.75, 3.05) is 0 Å². The number of hydrogen-bond acceptors (Lipinski definition) is 2. The summed E-state index contributed by atoms with van der Waals surface area (Å²) in [6.45, 7) is 0. The Hall–Kier alpha value is -4.30. The van der Waals surface area contributed by atoms with Gasteiger partial charge in [0.1, 0.15) is 11.5 Å². The minimum atomic E-state index is -0.0838. The van der Waals surface area contributed by atoms with Gasteiger partial charge in [-0.3, -0.25) is 0 Å². The van der Waals surface area contributed by atoms with Gasteiger partial charge >= 0.3 is 0 Å². The first kappa shape index (κ1) is 19.0. The first-order valence-electron chi connectivity index (χ1n) is 12.7. The van der Waals surface area contributed by atoms with Crippen molar-refractivity contribution < 1.29 is 10.2 Å². The van der Waals surface area contributed by atoms with E-state index in [-0.39, 0.29) is 23.7 Å². The summed E-state index contributed by atoms with van der Waals surface area (Å²) in [7, 11) is 0. The third kappa shape index (κ3) is 1.96. The quantitative estimate of drug-likeness (QED) is 0.237. The van der Waals surface area contributed by atoms with E-state index in [2.05, 4.69) is 97.1 Å². The number of hydrogen-bond donors (Lipinski definition) is 2. The molecule has 0 amide bonds. The SMILES string of the molecule is Oc1c2c(c(O)c3c1C1c4ccccc4C3c3ccccc31)C1c3ccccc3C2c2ccccc21. The molecule has 6 aliphatic rings. The van der Waals surface area contributed by atoms with Gasteiger partial charge in [0.05, 0.1) is 0 Å². The topological polar surface area (TPSA) is 40.5 Å². The van der Waals surface area contributed by atoms with E-state index in [1.165, 1.54) is 44.5 Å². The average molecular weight is 463 g/mol. The van der Waals surface area contributed by atoms with Crippen LogP contribution < -0.4 is 0 Å². The molecule has 2 N–H and O–H groups in total. The maximum atomic E-state index is 12.2. The molecule has 0 aromatic heterocycles. The van der Waals surface area contributed by atoms with Crippen molar-refractivity contribution >= 4 is 0 Å². The molecule has 11 rings (SSSR count). The van der Waals surface area contributed by atoms with Crippen LogP contribution in [0.2, 0.25) is 0 Å². The molecule has 6 aliphatic carbocycles. The molecule has 0 saturated carbocycles. The maximum absolute atomic E-state index is 12.2. The van der Waals surface area contributed by atoms with Crippen molar-refractivity contribution in [1.29, 1.82) is 0 Å².